The number of fused-ring (bicyclic) bond motifs is 9. The molecule has 0 saturated carbocycles. The van der Waals surface area contributed by atoms with E-state index in [0.717, 1.165) is 72.0 Å². The maximum atomic E-state index is 6.21. The van der Waals surface area contributed by atoms with E-state index in [0.29, 0.717) is 0 Å². The summed E-state index contributed by atoms with van der Waals surface area (Å²) in [6.45, 7) is 2.21. The molecule has 0 N–H and O–H groups in total. The second-order valence-electron chi connectivity index (χ2n) is 7.26. The van der Waals surface area contributed by atoms with Crippen LogP contribution in [0.1, 0.15) is 5.76 Å². The van der Waals surface area contributed by atoms with E-state index in [1.807, 2.05) is 37.3 Å². The fourth-order valence-electron chi connectivity index (χ4n) is 4.41. The third kappa shape index (κ3) is 2.15. The van der Waals surface area contributed by atoms with Crippen LogP contribution in [-0.2, 0) is 0 Å². The quantitative estimate of drug-likeness (QED) is 0.351. The predicted molar refractivity (Wildman–Crippen MR) is 113 cm³/mol. The Labute approximate surface area is 166 Å². The Morgan fingerprint density at radius 1 is 0.724 bits per heavy atom. The standard InChI is InChI=1S/C24H18O5/c1-12-6-19-16-9-22-21(27-11-28-22)8-15(16)18-10-20(26-3)14-5-4-13(25-2)7-17(14)23(18)24(19)29-12/h4-10H,11H2,1-3H3. The number of methoxy groups -OCH3 is 2. The molecule has 0 bridgehead atoms. The van der Waals surface area contributed by atoms with Gasteiger partial charge in [-0.25, -0.2) is 0 Å². The van der Waals surface area contributed by atoms with Gasteiger partial charge in [0.1, 0.15) is 22.8 Å². The van der Waals surface area contributed by atoms with Crippen LogP contribution in [0.2, 0.25) is 0 Å². The van der Waals surface area contributed by atoms with E-state index in [-0.39, 0.29) is 6.79 Å². The molecule has 0 amide bonds. The zero-order valence-corrected chi connectivity index (χ0v) is 16.3. The topological polar surface area (TPSA) is 50.1 Å². The minimum atomic E-state index is 0.237. The molecule has 2 heterocycles. The molecule has 0 atom stereocenters. The highest BCUT2D eigenvalue weighted by atomic mass is 16.7. The third-order valence-electron chi connectivity index (χ3n) is 5.70. The predicted octanol–water partition coefficient (Wildman–Crippen LogP) is 5.95. The fourth-order valence-corrected chi connectivity index (χ4v) is 4.41. The van der Waals surface area contributed by atoms with E-state index in [1.165, 1.54) is 0 Å². The molecule has 4 aromatic carbocycles. The number of hydrogen-bond acceptors (Lipinski definition) is 5. The molecule has 0 aliphatic carbocycles. The van der Waals surface area contributed by atoms with Gasteiger partial charge in [-0.3, -0.25) is 0 Å². The summed E-state index contributed by atoms with van der Waals surface area (Å²) in [6, 6.07) is 14.2. The van der Waals surface area contributed by atoms with E-state index in [4.69, 9.17) is 23.4 Å². The maximum Gasteiger partial charge on any atom is 0.231 e. The van der Waals surface area contributed by atoms with Crippen LogP contribution in [0.5, 0.6) is 23.0 Å². The van der Waals surface area contributed by atoms with Gasteiger partial charge >= 0.3 is 0 Å². The van der Waals surface area contributed by atoms with Gasteiger partial charge in [-0.2, -0.15) is 0 Å². The number of benzene rings is 4. The molecule has 5 heteroatoms. The molecular formula is C24H18O5. The normalized spacial score (nSPS) is 13.1. The van der Waals surface area contributed by atoms with Gasteiger partial charge in [0.25, 0.3) is 0 Å². The molecule has 144 valence electrons. The third-order valence-corrected chi connectivity index (χ3v) is 5.70. The van der Waals surface area contributed by atoms with Crippen molar-refractivity contribution in [2.45, 2.75) is 6.92 Å². The lowest BCUT2D eigenvalue weighted by Crippen LogP contribution is -1.92. The zero-order chi connectivity index (χ0) is 19.7. The Balaban J connectivity index is 1.93. The second kappa shape index (κ2) is 5.70. The first kappa shape index (κ1) is 16.4. The molecule has 0 radical (unpaired) electrons. The van der Waals surface area contributed by atoms with Crippen LogP contribution in [0.3, 0.4) is 0 Å². The summed E-state index contributed by atoms with van der Waals surface area (Å²) in [5.74, 6) is 3.96. The Kier molecular flexibility index (Phi) is 3.22. The maximum absolute atomic E-state index is 6.21. The summed E-state index contributed by atoms with van der Waals surface area (Å²) in [7, 11) is 3.36. The second-order valence-corrected chi connectivity index (χ2v) is 7.26. The minimum absolute atomic E-state index is 0.237. The molecule has 29 heavy (non-hydrogen) atoms. The molecular weight excluding hydrogens is 368 g/mol. The van der Waals surface area contributed by atoms with Crippen LogP contribution in [-0.4, -0.2) is 21.0 Å². The molecule has 6 rings (SSSR count). The van der Waals surface area contributed by atoms with Gasteiger partial charge in [0.2, 0.25) is 6.79 Å². The van der Waals surface area contributed by atoms with Crippen molar-refractivity contribution < 1.29 is 23.4 Å². The van der Waals surface area contributed by atoms with Gasteiger partial charge in [-0.05, 0) is 65.5 Å². The summed E-state index contributed by atoms with van der Waals surface area (Å²) in [5.41, 5.74) is 0.852. The van der Waals surface area contributed by atoms with Crippen LogP contribution >= 0.6 is 0 Å². The number of furan rings is 1. The number of aryl methyl sites for hydroxylation is 1. The zero-order valence-electron chi connectivity index (χ0n) is 16.3. The number of hydrogen-bond donors (Lipinski definition) is 0. The first-order chi connectivity index (χ1) is 14.2. The van der Waals surface area contributed by atoms with Gasteiger partial charge in [-0.15, -0.1) is 0 Å². The Bertz CT molecular complexity index is 1460. The molecule has 0 spiro atoms. The summed E-state index contributed by atoms with van der Waals surface area (Å²) in [6.07, 6.45) is 0. The molecule has 5 aromatic rings. The van der Waals surface area contributed by atoms with Crippen molar-refractivity contribution in [1.82, 2.24) is 0 Å². The lowest BCUT2D eigenvalue weighted by atomic mass is 9.93. The van der Waals surface area contributed by atoms with Gasteiger partial charge in [0.05, 0.1) is 14.2 Å². The van der Waals surface area contributed by atoms with Crippen molar-refractivity contribution in [1.29, 1.82) is 0 Å². The fraction of sp³-hybridized carbons (Fsp3) is 0.167. The lowest BCUT2D eigenvalue weighted by Gasteiger charge is -2.14. The molecule has 0 fully saturated rings. The van der Waals surface area contributed by atoms with E-state index in [1.54, 1.807) is 14.2 Å². The van der Waals surface area contributed by atoms with E-state index in [2.05, 4.69) is 12.1 Å². The molecule has 0 saturated heterocycles. The molecule has 1 aliphatic heterocycles. The SMILES string of the molecule is COc1ccc2c(OC)cc3c4cc5c(cc4c4cc(C)oc4c3c2c1)OCO5. The van der Waals surface area contributed by atoms with Crippen molar-refractivity contribution in [3.8, 4) is 23.0 Å². The number of rotatable bonds is 2. The summed E-state index contributed by atoms with van der Waals surface area (Å²) >= 11 is 0. The van der Waals surface area contributed by atoms with Crippen LogP contribution in [0.4, 0.5) is 0 Å². The molecule has 5 nitrogen and oxygen atoms in total. The number of ether oxygens (including phenoxy) is 4. The average molecular weight is 386 g/mol. The van der Waals surface area contributed by atoms with Crippen LogP contribution < -0.4 is 18.9 Å². The van der Waals surface area contributed by atoms with Crippen LogP contribution in [0, 0.1) is 6.92 Å². The Morgan fingerprint density at radius 3 is 2.17 bits per heavy atom. The van der Waals surface area contributed by atoms with Crippen LogP contribution in [0.25, 0.3) is 43.3 Å². The average Bonchev–Trinajstić information content (AvgIpc) is 3.36. The highest BCUT2D eigenvalue weighted by molar-refractivity contribution is 6.31. The van der Waals surface area contributed by atoms with Crippen LogP contribution in [0.15, 0.2) is 46.9 Å². The van der Waals surface area contributed by atoms with Crippen molar-refractivity contribution in [3.05, 3.63) is 48.2 Å². The smallest absolute Gasteiger partial charge is 0.231 e. The van der Waals surface area contributed by atoms with Gasteiger partial charge in [-0.1, -0.05) is 0 Å². The van der Waals surface area contributed by atoms with Crippen molar-refractivity contribution in [2.75, 3.05) is 21.0 Å². The summed E-state index contributed by atoms with van der Waals surface area (Å²) in [5, 5.41) is 7.30. The highest BCUT2D eigenvalue weighted by Crippen LogP contribution is 2.47. The largest absolute Gasteiger partial charge is 0.497 e. The van der Waals surface area contributed by atoms with E-state index >= 15 is 0 Å². The van der Waals surface area contributed by atoms with Crippen molar-refractivity contribution in [3.63, 3.8) is 0 Å². The van der Waals surface area contributed by atoms with Gasteiger partial charge < -0.3 is 23.4 Å². The summed E-state index contributed by atoms with van der Waals surface area (Å²) in [4.78, 5) is 0. The molecule has 1 aromatic heterocycles. The van der Waals surface area contributed by atoms with Gasteiger partial charge in [0, 0.05) is 21.5 Å². The highest BCUT2D eigenvalue weighted by Gasteiger charge is 2.22. The monoisotopic (exact) mass is 386 g/mol. The Morgan fingerprint density at radius 2 is 1.45 bits per heavy atom. The van der Waals surface area contributed by atoms with E-state index in [9.17, 15) is 0 Å². The molecule has 0 unspecified atom stereocenters. The van der Waals surface area contributed by atoms with Crippen molar-refractivity contribution in [2.24, 2.45) is 0 Å². The first-order valence-electron chi connectivity index (χ1n) is 9.42. The molecule has 1 aliphatic rings. The van der Waals surface area contributed by atoms with Gasteiger partial charge in [0.15, 0.2) is 11.5 Å². The summed E-state index contributed by atoms with van der Waals surface area (Å²) < 4.78 is 28.7. The minimum Gasteiger partial charge on any atom is -0.497 e. The van der Waals surface area contributed by atoms with E-state index < -0.39 is 0 Å². The Hall–Kier alpha value is -3.60. The first-order valence-corrected chi connectivity index (χ1v) is 9.42. The van der Waals surface area contributed by atoms with Crippen molar-refractivity contribution >= 4 is 43.3 Å². The lowest BCUT2D eigenvalue weighted by molar-refractivity contribution is 0.174.